The summed E-state index contributed by atoms with van der Waals surface area (Å²) in [7, 11) is 0. The number of allylic oxidation sites excluding steroid dienone is 4. The van der Waals surface area contributed by atoms with Gasteiger partial charge in [0.2, 0.25) is 0 Å². The second kappa shape index (κ2) is 17.5. The van der Waals surface area contributed by atoms with Gasteiger partial charge in [-0.15, -0.1) is 0 Å². The van der Waals surface area contributed by atoms with Crippen LogP contribution in [0.4, 0.5) is 34.1 Å². The van der Waals surface area contributed by atoms with Crippen LogP contribution >= 0.6 is 0 Å². The summed E-state index contributed by atoms with van der Waals surface area (Å²) in [5, 5.41) is 4.46. The van der Waals surface area contributed by atoms with Crippen LogP contribution in [0, 0.1) is 0 Å². The normalized spacial score (nSPS) is 13.5. The summed E-state index contributed by atoms with van der Waals surface area (Å²) in [5.74, 6) is 0.276. The predicted octanol–water partition coefficient (Wildman–Crippen LogP) is 18.9. The standard InChI is InChI=1S/C66H46N2O2/c1-3-15-51(16-4-1)67(61-25-13-23-59-57-21-9-11-27-63(57)69-65(59)61)53-41-37-47(38-42-53)45-29-33-49(34-30-45)55-19-7-8-20-56(55)50-35-31-46(32-36-50)48-39-43-54(44-40-48)68(52-17-5-2-6-18-52)62-26-14-24-60-58-22-10-12-28-64(58)70-66(60)62/h1-31,33-44,46H,32H2. The molecule has 0 spiro atoms. The number of anilines is 6. The first kappa shape index (κ1) is 41.1. The fraction of sp³-hybridized carbons (Fsp3) is 0.0303. The quantitative estimate of drug-likeness (QED) is 0.137. The first-order valence-electron chi connectivity index (χ1n) is 24.0. The number of hydrogen-bond donors (Lipinski definition) is 0. The summed E-state index contributed by atoms with van der Waals surface area (Å²) in [6.07, 6.45) is 8.00. The van der Waals surface area contributed by atoms with Crippen LogP contribution in [0.3, 0.4) is 0 Å². The Hall–Kier alpha value is -9.12. The van der Waals surface area contributed by atoms with Gasteiger partial charge in [-0.05, 0) is 118 Å². The highest BCUT2D eigenvalue weighted by Gasteiger charge is 2.22. The third-order valence-corrected chi connectivity index (χ3v) is 13.8. The molecule has 0 saturated carbocycles. The molecule has 2 heterocycles. The van der Waals surface area contributed by atoms with Gasteiger partial charge in [0, 0.05) is 50.2 Å². The van der Waals surface area contributed by atoms with Crippen molar-refractivity contribution in [3.05, 3.63) is 272 Å². The van der Waals surface area contributed by atoms with Gasteiger partial charge in [-0.2, -0.15) is 0 Å². The number of benzene rings is 10. The van der Waals surface area contributed by atoms with Gasteiger partial charge in [-0.1, -0.05) is 188 Å². The summed E-state index contributed by atoms with van der Waals surface area (Å²) in [4.78, 5) is 4.59. The minimum atomic E-state index is 0.276. The number of nitrogens with zero attached hydrogens (tertiary/aromatic N) is 2. The van der Waals surface area contributed by atoms with Gasteiger partial charge >= 0.3 is 0 Å². The van der Waals surface area contributed by atoms with Gasteiger partial charge in [0.1, 0.15) is 11.2 Å². The molecule has 0 bridgehead atoms. The molecule has 13 rings (SSSR count). The molecule has 0 radical (unpaired) electrons. The van der Waals surface area contributed by atoms with Crippen molar-refractivity contribution in [3.8, 4) is 22.3 Å². The Balaban J connectivity index is 0.742. The van der Waals surface area contributed by atoms with Gasteiger partial charge < -0.3 is 18.6 Å². The Morgan fingerprint density at radius 3 is 1.30 bits per heavy atom. The van der Waals surface area contributed by atoms with Gasteiger partial charge in [-0.3, -0.25) is 0 Å². The zero-order valence-corrected chi connectivity index (χ0v) is 38.3. The topological polar surface area (TPSA) is 32.8 Å². The second-order valence-electron chi connectivity index (χ2n) is 18.0. The molecule has 2 aromatic heterocycles. The van der Waals surface area contributed by atoms with Gasteiger partial charge in [0.05, 0.1) is 11.4 Å². The highest BCUT2D eigenvalue weighted by molar-refractivity contribution is 6.11. The fourth-order valence-electron chi connectivity index (χ4n) is 10.4. The van der Waals surface area contributed by atoms with Crippen molar-refractivity contribution >= 4 is 83.6 Å². The molecular weight excluding hydrogens is 853 g/mol. The number of rotatable bonds is 10. The molecule has 10 aromatic carbocycles. The van der Waals surface area contributed by atoms with E-state index in [2.05, 4.69) is 246 Å². The molecular formula is C66H46N2O2. The monoisotopic (exact) mass is 898 g/mol. The van der Waals surface area contributed by atoms with Crippen molar-refractivity contribution in [1.82, 2.24) is 0 Å². The lowest BCUT2D eigenvalue weighted by molar-refractivity contribution is 0.668. The van der Waals surface area contributed by atoms with Crippen LogP contribution in [0.2, 0.25) is 0 Å². The highest BCUT2D eigenvalue weighted by atomic mass is 16.3. The molecule has 0 saturated heterocycles. The van der Waals surface area contributed by atoms with E-state index in [0.717, 1.165) is 90.0 Å². The molecule has 0 fully saturated rings. The molecule has 0 aliphatic heterocycles. The molecule has 1 aliphatic carbocycles. The maximum absolute atomic E-state index is 6.52. The minimum absolute atomic E-state index is 0.276. The molecule has 332 valence electrons. The Morgan fingerprint density at radius 1 is 0.343 bits per heavy atom. The lowest BCUT2D eigenvalue weighted by Gasteiger charge is -2.26. The molecule has 1 atom stereocenters. The van der Waals surface area contributed by atoms with Crippen LogP contribution in [-0.2, 0) is 0 Å². The van der Waals surface area contributed by atoms with E-state index in [4.69, 9.17) is 8.83 Å². The maximum atomic E-state index is 6.52. The van der Waals surface area contributed by atoms with Gasteiger partial charge in [-0.25, -0.2) is 0 Å². The van der Waals surface area contributed by atoms with E-state index in [-0.39, 0.29) is 5.92 Å². The van der Waals surface area contributed by atoms with Gasteiger partial charge in [0.15, 0.2) is 11.2 Å². The summed E-state index contributed by atoms with van der Waals surface area (Å²) in [6.45, 7) is 0. The first-order chi connectivity index (χ1) is 34.7. The molecule has 4 nitrogen and oxygen atoms in total. The average molecular weight is 899 g/mol. The molecule has 12 aromatic rings. The Kier molecular flexibility index (Phi) is 10.3. The first-order valence-corrected chi connectivity index (χ1v) is 24.0. The third kappa shape index (κ3) is 7.34. The largest absolute Gasteiger partial charge is 0.454 e. The SMILES string of the molecule is C1=CC(c2ccc(N(c3ccccc3)c3cccc4c3oc3ccccc34)cc2)CC=C1c1ccccc1-c1ccc(-c2ccc(N(c3ccccc3)c3cccc4c3oc3ccccc34)cc2)cc1. The number of para-hydroxylation sites is 6. The van der Waals surface area contributed by atoms with E-state index in [9.17, 15) is 0 Å². The van der Waals surface area contributed by atoms with Crippen molar-refractivity contribution in [1.29, 1.82) is 0 Å². The summed E-state index contributed by atoms with van der Waals surface area (Å²) < 4.78 is 13.0. The van der Waals surface area contributed by atoms with E-state index >= 15 is 0 Å². The van der Waals surface area contributed by atoms with Gasteiger partial charge in [0.25, 0.3) is 0 Å². The fourth-order valence-corrected chi connectivity index (χ4v) is 10.4. The Morgan fingerprint density at radius 2 is 0.771 bits per heavy atom. The summed E-state index contributed by atoms with van der Waals surface area (Å²) in [5.41, 5.74) is 18.4. The number of hydrogen-bond acceptors (Lipinski definition) is 4. The Bertz CT molecular complexity index is 3900. The average Bonchev–Trinajstić information content (AvgIpc) is 4.02. The molecule has 0 N–H and O–H groups in total. The lowest BCUT2D eigenvalue weighted by Crippen LogP contribution is -2.10. The zero-order chi connectivity index (χ0) is 46.4. The molecule has 4 heteroatoms. The van der Waals surface area contributed by atoms with Crippen molar-refractivity contribution < 1.29 is 8.83 Å². The van der Waals surface area contributed by atoms with Crippen molar-refractivity contribution in [2.45, 2.75) is 12.3 Å². The van der Waals surface area contributed by atoms with Crippen LogP contribution in [0.1, 0.15) is 23.5 Å². The number of fused-ring (bicyclic) bond motifs is 6. The lowest BCUT2D eigenvalue weighted by atomic mass is 9.86. The maximum Gasteiger partial charge on any atom is 0.159 e. The van der Waals surface area contributed by atoms with E-state index in [0.29, 0.717) is 0 Å². The van der Waals surface area contributed by atoms with Crippen molar-refractivity contribution in [3.63, 3.8) is 0 Å². The molecule has 1 aliphatic rings. The second-order valence-corrected chi connectivity index (χ2v) is 18.0. The highest BCUT2D eigenvalue weighted by Crippen LogP contribution is 2.45. The van der Waals surface area contributed by atoms with E-state index in [1.54, 1.807) is 0 Å². The van der Waals surface area contributed by atoms with E-state index in [1.165, 1.54) is 33.4 Å². The van der Waals surface area contributed by atoms with Crippen LogP contribution in [-0.4, -0.2) is 0 Å². The molecule has 1 unspecified atom stereocenters. The smallest absolute Gasteiger partial charge is 0.159 e. The molecule has 0 amide bonds. The Labute approximate surface area is 406 Å². The van der Waals surface area contributed by atoms with Crippen LogP contribution in [0.5, 0.6) is 0 Å². The summed E-state index contributed by atoms with van der Waals surface area (Å²) >= 11 is 0. The van der Waals surface area contributed by atoms with E-state index < -0.39 is 0 Å². The minimum Gasteiger partial charge on any atom is -0.454 e. The van der Waals surface area contributed by atoms with Crippen molar-refractivity contribution in [2.75, 3.05) is 9.80 Å². The van der Waals surface area contributed by atoms with Crippen LogP contribution in [0.15, 0.2) is 270 Å². The summed E-state index contributed by atoms with van der Waals surface area (Å²) in [6, 6.07) is 86.1. The van der Waals surface area contributed by atoms with Crippen LogP contribution in [0.25, 0.3) is 71.7 Å². The predicted molar refractivity (Wildman–Crippen MR) is 292 cm³/mol. The molecule has 70 heavy (non-hydrogen) atoms. The van der Waals surface area contributed by atoms with Crippen molar-refractivity contribution in [2.24, 2.45) is 0 Å². The third-order valence-electron chi connectivity index (χ3n) is 13.8. The van der Waals surface area contributed by atoms with E-state index in [1.807, 2.05) is 24.3 Å². The number of furan rings is 2. The zero-order valence-electron chi connectivity index (χ0n) is 38.3. The van der Waals surface area contributed by atoms with Crippen LogP contribution < -0.4 is 9.80 Å².